The van der Waals surface area contributed by atoms with Gasteiger partial charge in [-0.2, -0.15) is 4.31 Å². The van der Waals surface area contributed by atoms with Gasteiger partial charge < -0.3 is 9.84 Å². The lowest BCUT2D eigenvalue weighted by Crippen LogP contribution is -2.50. The summed E-state index contributed by atoms with van der Waals surface area (Å²) in [7, 11) is -3.64. The molecule has 152 valence electrons. The van der Waals surface area contributed by atoms with Crippen LogP contribution >= 0.6 is 0 Å². The minimum atomic E-state index is -3.64. The molecule has 2 aromatic rings. The van der Waals surface area contributed by atoms with Crippen LogP contribution in [0.1, 0.15) is 22.6 Å². The summed E-state index contributed by atoms with van der Waals surface area (Å²) in [6.45, 7) is 9.05. The summed E-state index contributed by atoms with van der Waals surface area (Å²) in [5.74, 6) is 0.198. The van der Waals surface area contributed by atoms with Crippen molar-refractivity contribution in [3.8, 4) is 0 Å². The molecule has 1 aliphatic rings. The van der Waals surface area contributed by atoms with Crippen molar-refractivity contribution in [1.29, 1.82) is 0 Å². The Bertz CT molecular complexity index is 956. The van der Waals surface area contributed by atoms with Crippen LogP contribution in [0, 0.1) is 27.7 Å². The molecule has 0 bridgehead atoms. The molecule has 3 rings (SSSR count). The Morgan fingerprint density at radius 3 is 2.43 bits per heavy atom. The number of nitrogens with one attached hydrogen (secondary N) is 1. The lowest BCUT2D eigenvalue weighted by Gasteiger charge is -2.33. The maximum Gasteiger partial charge on any atom is 0.248 e. The zero-order valence-electron chi connectivity index (χ0n) is 16.7. The number of aromatic nitrogens is 1. The average molecular weight is 407 g/mol. The maximum absolute atomic E-state index is 12.9. The molecule has 1 amide bonds. The molecule has 0 saturated carbocycles. The maximum atomic E-state index is 12.9. The smallest absolute Gasteiger partial charge is 0.248 e. The first-order valence-corrected chi connectivity index (χ1v) is 10.7. The molecule has 0 spiro atoms. The molecule has 9 heteroatoms. The van der Waals surface area contributed by atoms with E-state index in [9.17, 15) is 13.2 Å². The lowest BCUT2D eigenvalue weighted by molar-refractivity contribution is -0.117. The Labute approximate surface area is 165 Å². The van der Waals surface area contributed by atoms with Crippen molar-refractivity contribution in [1.82, 2.24) is 14.4 Å². The number of sulfonamides is 1. The Morgan fingerprint density at radius 2 is 1.82 bits per heavy atom. The first-order chi connectivity index (χ1) is 13.2. The molecule has 1 aliphatic heterocycles. The first-order valence-electron chi connectivity index (χ1n) is 9.21. The van der Waals surface area contributed by atoms with Gasteiger partial charge in [-0.05, 0) is 44.9 Å². The molecule has 0 unspecified atom stereocenters. The number of aryl methyl sites for hydroxylation is 3. The van der Waals surface area contributed by atoms with Crippen LogP contribution in [0.2, 0.25) is 0 Å². The second-order valence-electron chi connectivity index (χ2n) is 7.13. The molecule has 0 atom stereocenters. The molecule has 28 heavy (non-hydrogen) atoms. The van der Waals surface area contributed by atoms with Gasteiger partial charge in [-0.25, -0.2) is 8.42 Å². The third-order valence-corrected chi connectivity index (χ3v) is 7.29. The van der Waals surface area contributed by atoms with Crippen LogP contribution in [0.25, 0.3) is 0 Å². The summed E-state index contributed by atoms with van der Waals surface area (Å²) in [5.41, 5.74) is 3.35. The predicted molar refractivity (Wildman–Crippen MR) is 106 cm³/mol. The molecular formula is C19H26N4O4S. The Hall–Kier alpha value is -2.23. The Morgan fingerprint density at radius 1 is 1.14 bits per heavy atom. The van der Waals surface area contributed by atoms with E-state index < -0.39 is 10.0 Å². The van der Waals surface area contributed by atoms with E-state index >= 15 is 0 Å². The fourth-order valence-electron chi connectivity index (χ4n) is 3.38. The van der Waals surface area contributed by atoms with E-state index in [2.05, 4.69) is 10.5 Å². The fraction of sp³-hybridized carbons (Fsp3) is 0.474. The summed E-state index contributed by atoms with van der Waals surface area (Å²) in [4.78, 5) is 14.5. The van der Waals surface area contributed by atoms with E-state index in [1.165, 1.54) is 4.31 Å². The zero-order chi connectivity index (χ0) is 20.5. The molecule has 1 fully saturated rings. The monoisotopic (exact) mass is 406 g/mol. The largest absolute Gasteiger partial charge is 0.360 e. The van der Waals surface area contributed by atoms with Gasteiger partial charge in [0, 0.05) is 31.9 Å². The van der Waals surface area contributed by atoms with Crippen LogP contribution in [-0.2, 0) is 14.8 Å². The summed E-state index contributed by atoms with van der Waals surface area (Å²) in [5, 5.41) is 6.68. The topological polar surface area (TPSA) is 95.8 Å². The second-order valence-corrected chi connectivity index (χ2v) is 9.00. The van der Waals surface area contributed by atoms with Crippen LogP contribution in [0.4, 0.5) is 5.69 Å². The van der Waals surface area contributed by atoms with Gasteiger partial charge in [-0.15, -0.1) is 0 Å². The third-order valence-electron chi connectivity index (χ3n) is 5.14. The summed E-state index contributed by atoms with van der Waals surface area (Å²) < 4.78 is 32.1. The highest BCUT2D eigenvalue weighted by molar-refractivity contribution is 7.89. The molecule has 0 radical (unpaired) electrons. The molecule has 1 N–H and O–H groups in total. The van der Waals surface area contributed by atoms with Gasteiger partial charge in [0.25, 0.3) is 0 Å². The van der Waals surface area contributed by atoms with Gasteiger partial charge in [0.2, 0.25) is 15.9 Å². The SMILES string of the molecule is Cc1cccc(NC(=O)CN2CCN(S(=O)(=O)c3c(C)noc3C)CC2)c1C. The number of piperazine rings is 1. The van der Waals surface area contributed by atoms with E-state index in [4.69, 9.17) is 4.52 Å². The van der Waals surface area contributed by atoms with Crippen molar-refractivity contribution in [2.45, 2.75) is 32.6 Å². The van der Waals surface area contributed by atoms with Gasteiger partial charge in [-0.3, -0.25) is 9.69 Å². The van der Waals surface area contributed by atoms with Crippen LogP contribution < -0.4 is 5.32 Å². The number of carbonyl (C=O) groups is 1. The van der Waals surface area contributed by atoms with E-state index in [0.717, 1.165) is 16.8 Å². The molecular weight excluding hydrogens is 380 g/mol. The van der Waals surface area contributed by atoms with Crippen molar-refractivity contribution >= 4 is 21.6 Å². The molecule has 1 aromatic heterocycles. The quantitative estimate of drug-likeness (QED) is 0.814. The highest BCUT2D eigenvalue weighted by atomic mass is 32.2. The molecule has 1 saturated heterocycles. The zero-order valence-corrected chi connectivity index (χ0v) is 17.5. The number of hydrogen-bond acceptors (Lipinski definition) is 6. The Balaban J connectivity index is 1.58. The highest BCUT2D eigenvalue weighted by Crippen LogP contribution is 2.24. The van der Waals surface area contributed by atoms with E-state index in [0.29, 0.717) is 37.6 Å². The van der Waals surface area contributed by atoms with Gasteiger partial charge in [-0.1, -0.05) is 17.3 Å². The molecule has 1 aromatic carbocycles. The van der Waals surface area contributed by atoms with E-state index in [1.807, 2.05) is 36.9 Å². The van der Waals surface area contributed by atoms with Gasteiger partial charge >= 0.3 is 0 Å². The summed E-state index contributed by atoms with van der Waals surface area (Å²) in [6.07, 6.45) is 0. The van der Waals surface area contributed by atoms with Crippen molar-refractivity contribution in [3.05, 3.63) is 40.8 Å². The van der Waals surface area contributed by atoms with E-state index in [-0.39, 0.29) is 17.3 Å². The van der Waals surface area contributed by atoms with Gasteiger partial charge in [0.1, 0.15) is 10.6 Å². The van der Waals surface area contributed by atoms with Gasteiger partial charge in [0.05, 0.1) is 6.54 Å². The molecule has 2 heterocycles. The summed E-state index contributed by atoms with van der Waals surface area (Å²) >= 11 is 0. The molecule has 8 nitrogen and oxygen atoms in total. The van der Waals surface area contributed by atoms with Crippen LogP contribution in [0.5, 0.6) is 0 Å². The van der Waals surface area contributed by atoms with Crippen LogP contribution in [0.15, 0.2) is 27.6 Å². The van der Waals surface area contributed by atoms with Crippen molar-refractivity contribution < 1.29 is 17.7 Å². The number of rotatable bonds is 5. The average Bonchev–Trinajstić information content (AvgIpc) is 2.98. The van der Waals surface area contributed by atoms with Crippen molar-refractivity contribution in [3.63, 3.8) is 0 Å². The number of benzene rings is 1. The first kappa shape index (κ1) is 20.5. The predicted octanol–water partition coefficient (Wildman–Crippen LogP) is 1.85. The summed E-state index contributed by atoms with van der Waals surface area (Å²) in [6, 6.07) is 5.80. The number of nitrogens with zero attached hydrogens (tertiary/aromatic N) is 3. The number of carbonyl (C=O) groups excluding carboxylic acids is 1. The number of amides is 1. The lowest BCUT2D eigenvalue weighted by atomic mass is 10.1. The van der Waals surface area contributed by atoms with Crippen LogP contribution in [-0.4, -0.2) is 61.4 Å². The minimum Gasteiger partial charge on any atom is -0.360 e. The highest BCUT2D eigenvalue weighted by Gasteiger charge is 2.33. The molecule has 0 aliphatic carbocycles. The third kappa shape index (κ3) is 4.11. The number of anilines is 1. The van der Waals surface area contributed by atoms with Gasteiger partial charge in [0.15, 0.2) is 5.76 Å². The van der Waals surface area contributed by atoms with Crippen LogP contribution in [0.3, 0.4) is 0 Å². The minimum absolute atomic E-state index is 0.101. The second kappa shape index (κ2) is 8.02. The van der Waals surface area contributed by atoms with E-state index in [1.54, 1.807) is 13.8 Å². The fourth-order valence-corrected chi connectivity index (χ4v) is 5.09. The number of hydrogen-bond donors (Lipinski definition) is 1. The van der Waals surface area contributed by atoms with Crippen molar-refractivity contribution in [2.75, 3.05) is 38.0 Å². The Kier molecular flexibility index (Phi) is 5.87. The standard InChI is InChI=1S/C19H26N4O4S/c1-13-6-5-7-17(14(13)2)20-18(24)12-22-8-10-23(11-9-22)28(25,26)19-15(3)21-27-16(19)4/h5-7H,8-12H2,1-4H3,(H,20,24). The van der Waals surface area contributed by atoms with Crippen molar-refractivity contribution in [2.24, 2.45) is 0 Å². The normalized spacial score (nSPS) is 16.3.